The molecule has 0 saturated heterocycles. The lowest BCUT2D eigenvalue weighted by atomic mass is 10.3. The molecule has 22 heavy (non-hydrogen) atoms. The molecule has 2 aromatic rings. The van der Waals surface area contributed by atoms with Crippen molar-refractivity contribution in [3.8, 4) is 0 Å². The quantitative estimate of drug-likeness (QED) is 0.781. The summed E-state index contributed by atoms with van der Waals surface area (Å²) >= 11 is 0. The highest BCUT2D eigenvalue weighted by Gasteiger charge is 2.12. The van der Waals surface area contributed by atoms with Gasteiger partial charge in [0, 0.05) is 5.69 Å². The number of nitrogens with one attached hydrogen (secondary N) is 2. The van der Waals surface area contributed by atoms with Gasteiger partial charge in [-0.15, -0.1) is 0 Å². The van der Waals surface area contributed by atoms with Gasteiger partial charge in [-0.1, -0.05) is 18.2 Å². The van der Waals surface area contributed by atoms with Crippen LogP contribution in [0.15, 0.2) is 53.1 Å². The SMILES string of the molecule is O=C(COC(=O)CNC(=O)c1ccco1)Nc1ccccc1. The van der Waals surface area contributed by atoms with Gasteiger partial charge in [0.05, 0.1) is 6.26 Å². The Kier molecular flexibility index (Phi) is 5.31. The van der Waals surface area contributed by atoms with Crippen molar-refractivity contribution in [2.24, 2.45) is 0 Å². The van der Waals surface area contributed by atoms with Crippen LogP contribution >= 0.6 is 0 Å². The second kappa shape index (κ2) is 7.63. The van der Waals surface area contributed by atoms with Crippen LogP contribution in [0.25, 0.3) is 0 Å². The van der Waals surface area contributed by atoms with Crippen LogP contribution in [0.3, 0.4) is 0 Å². The molecule has 0 fully saturated rings. The highest BCUT2D eigenvalue weighted by molar-refractivity contribution is 5.94. The van der Waals surface area contributed by atoms with Gasteiger partial charge in [-0.05, 0) is 24.3 Å². The number of hydrogen-bond acceptors (Lipinski definition) is 5. The Morgan fingerprint density at radius 3 is 2.50 bits per heavy atom. The summed E-state index contributed by atoms with van der Waals surface area (Å²) in [5.74, 6) is -1.62. The van der Waals surface area contributed by atoms with Crippen LogP contribution in [-0.4, -0.2) is 30.9 Å². The van der Waals surface area contributed by atoms with Gasteiger partial charge in [0.25, 0.3) is 11.8 Å². The molecule has 7 nitrogen and oxygen atoms in total. The lowest BCUT2D eigenvalue weighted by molar-refractivity contribution is -0.146. The van der Waals surface area contributed by atoms with Crippen LogP contribution in [0, 0.1) is 0 Å². The normalized spacial score (nSPS) is 9.82. The van der Waals surface area contributed by atoms with E-state index < -0.39 is 24.4 Å². The van der Waals surface area contributed by atoms with Crippen molar-refractivity contribution in [3.05, 3.63) is 54.5 Å². The molecule has 2 N–H and O–H groups in total. The van der Waals surface area contributed by atoms with Gasteiger partial charge in [0.15, 0.2) is 12.4 Å². The van der Waals surface area contributed by atoms with Crippen LogP contribution in [0.2, 0.25) is 0 Å². The Bertz CT molecular complexity index is 637. The molecule has 0 atom stereocenters. The zero-order valence-corrected chi connectivity index (χ0v) is 11.6. The summed E-state index contributed by atoms with van der Waals surface area (Å²) in [6.45, 7) is -0.775. The van der Waals surface area contributed by atoms with Crippen LogP contribution in [0.4, 0.5) is 5.69 Å². The Balaban J connectivity index is 1.67. The third kappa shape index (κ3) is 4.78. The summed E-state index contributed by atoms with van der Waals surface area (Å²) in [6.07, 6.45) is 1.35. The van der Waals surface area contributed by atoms with Crippen molar-refractivity contribution in [2.75, 3.05) is 18.5 Å². The molecule has 0 aliphatic heterocycles. The molecule has 0 radical (unpaired) electrons. The average Bonchev–Trinajstić information content (AvgIpc) is 3.06. The summed E-state index contributed by atoms with van der Waals surface area (Å²) in [4.78, 5) is 34.5. The maximum absolute atomic E-state index is 11.6. The van der Waals surface area contributed by atoms with Gasteiger partial charge < -0.3 is 19.8 Å². The first-order chi connectivity index (χ1) is 10.6. The lowest BCUT2D eigenvalue weighted by Gasteiger charge is -2.07. The number of esters is 1. The van der Waals surface area contributed by atoms with Crippen molar-refractivity contribution in [1.29, 1.82) is 0 Å². The van der Waals surface area contributed by atoms with Crippen molar-refractivity contribution >= 4 is 23.5 Å². The van der Waals surface area contributed by atoms with Crippen molar-refractivity contribution in [2.45, 2.75) is 0 Å². The molecule has 2 rings (SSSR count). The maximum Gasteiger partial charge on any atom is 0.325 e. The van der Waals surface area contributed by atoms with E-state index in [1.54, 1.807) is 30.3 Å². The summed E-state index contributed by atoms with van der Waals surface area (Å²) < 4.78 is 9.61. The van der Waals surface area contributed by atoms with E-state index in [4.69, 9.17) is 9.15 Å². The number of benzene rings is 1. The van der Waals surface area contributed by atoms with E-state index in [-0.39, 0.29) is 12.3 Å². The first kappa shape index (κ1) is 15.3. The zero-order chi connectivity index (χ0) is 15.8. The molecular weight excluding hydrogens is 288 g/mol. The number of anilines is 1. The van der Waals surface area contributed by atoms with Gasteiger partial charge in [0.2, 0.25) is 0 Å². The Morgan fingerprint density at radius 1 is 1.05 bits per heavy atom. The van der Waals surface area contributed by atoms with Gasteiger partial charge in [0.1, 0.15) is 6.54 Å². The lowest BCUT2D eigenvalue weighted by Crippen LogP contribution is -2.32. The smallest absolute Gasteiger partial charge is 0.325 e. The molecule has 0 unspecified atom stereocenters. The van der Waals surface area contributed by atoms with Crippen molar-refractivity contribution < 1.29 is 23.5 Å². The molecule has 0 aliphatic rings. The van der Waals surface area contributed by atoms with Crippen LogP contribution < -0.4 is 10.6 Å². The molecule has 1 heterocycles. The fraction of sp³-hybridized carbons (Fsp3) is 0.133. The zero-order valence-electron chi connectivity index (χ0n) is 11.6. The summed E-state index contributed by atoms with van der Waals surface area (Å²) in [7, 11) is 0. The van der Waals surface area contributed by atoms with Gasteiger partial charge in [-0.25, -0.2) is 0 Å². The van der Waals surface area contributed by atoms with E-state index in [0.29, 0.717) is 5.69 Å². The fourth-order valence-corrected chi connectivity index (χ4v) is 1.56. The molecule has 0 bridgehead atoms. The summed E-state index contributed by atoms with van der Waals surface area (Å²) in [6, 6.07) is 11.8. The predicted molar refractivity (Wildman–Crippen MR) is 77.1 cm³/mol. The molecule has 1 aromatic carbocycles. The van der Waals surface area contributed by atoms with Gasteiger partial charge in [-0.3, -0.25) is 14.4 Å². The number of para-hydroxylation sites is 1. The fourth-order valence-electron chi connectivity index (χ4n) is 1.56. The minimum Gasteiger partial charge on any atom is -0.459 e. The molecule has 0 saturated carbocycles. The highest BCUT2D eigenvalue weighted by atomic mass is 16.5. The Hall–Kier alpha value is -3.09. The molecule has 1 aromatic heterocycles. The second-order valence-corrected chi connectivity index (χ2v) is 4.23. The van der Waals surface area contributed by atoms with E-state index in [9.17, 15) is 14.4 Å². The summed E-state index contributed by atoms with van der Waals surface area (Å²) in [5, 5.41) is 4.89. The average molecular weight is 302 g/mol. The number of ether oxygens (including phenoxy) is 1. The van der Waals surface area contributed by atoms with E-state index >= 15 is 0 Å². The Morgan fingerprint density at radius 2 is 1.82 bits per heavy atom. The van der Waals surface area contributed by atoms with E-state index in [2.05, 4.69) is 10.6 Å². The van der Waals surface area contributed by atoms with Gasteiger partial charge >= 0.3 is 5.97 Å². The van der Waals surface area contributed by atoms with Gasteiger partial charge in [-0.2, -0.15) is 0 Å². The molecular formula is C15H14N2O5. The maximum atomic E-state index is 11.6. The third-order valence-electron chi connectivity index (χ3n) is 2.56. The van der Waals surface area contributed by atoms with Crippen LogP contribution in [0.1, 0.15) is 10.6 Å². The minimum absolute atomic E-state index is 0.0922. The van der Waals surface area contributed by atoms with Crippen molar-refractivity contribution in [3.63, 3.8) is 0 Å². The minimum atomic E-state index is -0.719. The van der Waals surface area contributed by atoms with Crippen LogP contribution in [-0.2, 0) is 14.3 Å². The number of carbonyl (C=O) groups excluding carboxylic acids is 3. The van der Waals surface area contributed by atoms with Crippen LogP contribution in [0.5, 0.6) is 0 Å². The number of rotatable bonds is 6. The highest BCUT2D eigenvalue weighted by Crippen LogP contribution is 2.04. The molecule has 0 aliphatic carbocycles. The number of furan rings is 1. The third-order valence-corrected chi connectivity index (χ3v) is 2.56. The number of amides is 2. The monoisotopic (exact) mass is 302 g/mol. The predicted octanol–water partition coefficient (Wildman–Crippen LogP) is 1.19. The standard InChI is InChI=1S/C15H14N2O5/c18-13(17-11-5-2-1-3-6-11)10-22-14(19)9-16-15(20)12-7-4-8-21-12/h1-8H,9-10H2,(H,16,20)(H,17,18). The van der Waals surface area contributed by atoms with Crippen molar-refractivity contribution in [1.82, 2.24) is 5.32 Å². The molecule has 0 spiro atoms. The molecule has 7 heteroatoms. The topological polar surface area (TPSA) is 97.6 Å². The largest absolute Gasteiger partial charge is 0.459 e. The van der Waals surface area contributed by atoms with E-state index in [1.165, 1.54) is 12.3 Å². The summed E-state index contributed by atoms with van der Waals surface area (Å²) in [5.41, 5.74) is 0.606. The van der Waals surface area contributed by atoms with E-state index in [1.807, 2.05) is 6.07 Å². The number of hydrogen-bond donors (Lipinski definition) is 2. The Labute approximate surface area is 126 Å². The van der Waals surface area contributed by atoms with E-state index in [0.717, 1.165) is 0 Å². The second-order valence-electron chi connectivity index (χ2n) is 4.23. The first-order valence-corrected chi connectivity index (χ1v) is 6.47. The number of carbonyl (C=O) groups is 3. The first-order valence-electron chi connectivity index (χ1n) is 6.47. The molecule has 114 valence electrons. The molecule has 2 amide bonds.